The van der Waals surface area contributed by atoms with Crippen LogP contribution >= 0.6 is 0 Å². The molecule has 0 aromatic heterocycles. The molecule has 0 atom stereocenters. The van der Waals surface area contributed by atoms with Crippen molar-refractivity contribution in [1.29, 1.82) is 0 Å². The maximum absolute atomic E-state index is 12.2. The number of unbranched alkanes of at least 4 members (excludes halogenated alkanes) is 1. The third-order valence-corrected chi connectivity index (χ3v) is 5.12. The first-order valence-corrected chi connectivity index (χ1v) is 12.3. The summed E-state index contributed by atoms with van der Waals surface area (Å²) in [6, 6.07) is 19.9. The molecule has 8 nitrogen and oxygen atoms in total. The molecule has 0 unspecified atom stereocenters. The van der Waals surface area contributed by atoms with Gasteiger partial charge in [0, 0.05) is 0 Å². The van der Waals surface area contributed by atoms with Crippen LogP contribution in [0.1, 0.15) is 53.0 Å². The van der Waals surface area contributed by atoms with Gasteiger partial charge in [-0.05, 0) is 93.8 Å². The number of ether oxygens (including phenoxy) is 4. The minimum Gasteiger partial charge on any atom is -0.494 e. The van der Waals surface area contributed by atoms with Crippen LogP contribution in [-0.4, -0.2) is 38.4 Å². The molecular formula is C29H32N2O6. The van der Waals surface area contributed by atoms with E-state index in [9.17, 15) is 9.59 Å². The van der Waals surface area contributed by atoms with E-state index in [0.717, 1.165) is 35.5 Å². The van der Waals surface area contributed by atoms with E-state index in [-0.39, 0.29) is 24.3 Å². The van der Waals surface area contributed by atoms with Gasteiger partial charge >= 0.3 is 11.9 Å². The number of rotatable bonds is 13. The Balaban J connectivity index is 1.44. The first kappa shape index (κ1) is 27.4. The van der Waals surface area contributed by atoms with Crippen molar-refractivity contribution in [3.63, 3.8) is 0 Å². The Bertz CT molecular complexity index is 1170. The van der Waals surface area contributed by atoms with Gasteiger partial charge in [0.1, 0.15) is 11.5 Å². The summed E-state index contributed by atoms with van der Waals surface area (Å²) in [5, 5.41) is 8.51. The van der Waals surface area contributed by atoms with E-state index in [1.54, 1.807) is 26.0 Å². The Kier molecular flexibility index (Phi) is 10.6. The Morgan fingerprint density at radius 3 is 1.81 bits per heavy atom. The van der Waals surface area contributed by atoms with E-state index in [1.165, 1.54) is 6.07 Å². The molecule has 3 aromatic rings. The molecule has 194 valence electrons. The zero-order valence-electron chi connectivity index (χ0n) is 21.4. The highest BCUT2D eigenvalue weighted by atomic mass is 16.5. The normalized spacial score (nSPS) is 10.8. The summed E-state index contributed by atoms with van der Waals surface area (Å²) in [6.45, 7) is 6.85. The van der Waals surface area contributed by atoms with Crippen molar-refractivity contribution in [2.24, 2.45) is 10.2 Å². The van der Waals surface area contributed by atoms with Crippen molar-refractivity contribution in [3.05, 3.63) is 83.4 Å². The van der Waals surface area contributed by atoms with Crippen LogP contribution < -0.4 is 9.47 Å². The third kappa shape index (κ3) is 9.07. The summed E-state index contributed by atoms with van der Waals surface area (Å²) in [6.07, 6.45) is 1.48. The molecule has 3 rings (SSSR count). The lowest BCUT2D eigenvalue weighted by atomic mass is 10.1. The number of hydrogen-bond donors (Lipinski definition) is 0. The molecule has 8 heteroatoms. The van der Waals surface area contributed by atoms with Crippen molar-refractivity contribution in [2.45, 2.75) is 33.6 Å². The Labute approximate surface area is 217 Å². The van der Waals surface area contributed by atoms with Crippen molar-refractivity contribution < 1.29 is 28.5 Å². The Hall–Kier alpha value is -4.20. The van der Waals surface area contributed by atoms with E-state index in [0.29, 0.717) is 19.0 Å². The molecule has 0 saturated heterocycles. The van der Waals surface area contributed by atoms with Crippen LogP contribution in [0.5, 0.6) is 11.5 Å². The van der Waals surface area contributed by atoms with Crippen LogP contribution in [-0.2, 0) is 9.47 Å². The highest BCUT2D eigenvalue weighted by Gasteiger charge is 2.15. The molecule has 0 N–H and O–H groups in total. The van der Waals surface area contributed by atoms with Crippen molar-refractivity contribution in [2.75, 3.05) is 26.4 Å². The van der Waals surface area contributed by atoms with Gasteiger partial charge in [0.2, 0.25) is 0 Å². The Morgan fingerprint density at radius 1 is 0.676 bits per heavy atom. The molecule has 0 aliphatic rings. The monoisotopic (exact) mass is 504 g/mol. The maximum atomic E-state index is 12.2. The zero-order valence-corrected chi connectivity index (χ0v) is 21.4. The molecule has 37 heavy (non-hydrogen) atoms. The van der Waals surface area contributed by atoms with Crippen LogP contribution in [0.2, 0.25) is 0 Å². The van der Waals surface area contributed by atoms with Gasteiger partial charge in [0.15, 0.2) is 0 Å². The molecule has 0 radical (unpaired) electrons. The first-order valence-electron chi connectivity index (χ1n) is 12.3. The lowest BCUT2D eigenvalue weighted by Gasteiger charge is -2.11. The topological polar surface area (TPSA) is 95.8 Å². The molecule has 0 saturated carbocycles. The van der Waals surface area contributed by atoms with Crippen LogP contribution in [0.15, 0.2) is 77.0 Å². The second-order valence-corrected chi connectivity index (χ2v) is 8.12. The molecule has 0 amide bonds. The number of nitrogens with zero attached hydrogens (tertiary/aromatic N) is 2. The summed E-state index contributed by atoms with van der Waals surface area (Å²) < 4.78 is 21.7. The zero-order chi connectivity index (χ0) is 26.5. The molecule has 0 aliphatic carbocycles. The quantitative estimate of drug-likeness (QED) is 0.141. The number of carbonyl (C=O) groups excluding carboxylic acids is 2. The van der Waals surface area contributed by atoms with Crippen molar-refractivity contribution in [1.82, 2.24) is 0 Å². The SMILES string of the molecule is CCOC(=O)c1cc(OCCCCOc2ccc(N=Nc3cccc(C)c3)cc2)cc(C(=O)OCC)c1. The van der Waals surface area contributed by atoms with Gasteiger partial charge in [0.25, 0.3) is 0 Å². The highest BCUT2D eigenvalue weighted by Crippen LogP contribution is 2.22. The molecular weight excluding hydrogens is 472 g/mol. The lowest BCUT2D eigenvalue weighted by molar-refractivity contribution is 0.0524. The fraction of sp³-hybridized carbons (Fsp3) is 0.310. The fourth-order valence-corrected chi connectivity index (χ4v) is 3.35. The molecule has 0 aliphatic heterocycles. The number of benzene rings is 3. The van der Waals surface area contributed by atoms with Gasteiger partial charge in [-0.3, -0.25) is 0 Å². The number of aryl methyl sites for hydroxylation is 1. The molecule has 0 spiro atoms. The van der Waals surface area contributed by atoms with Crippen molar-refractivity contribution in [3.8, 4) is 11.5 Å². The molecule has 3 aromatic carbocycles. The highest BCUT2D eigenvalue weighted by molar-refractivity contribution is 5.96. The van der Waals surface area contributed by atoms with Crippen molar-refractivity contribution >= 4 is 23.3 Å². The second kappa shape index (κ2) is 14.4. The summed E-state index contributed by atoms with van der Waals surface area (Å²) >= 11 is 0. The second-order valence-electron chi connectivity index (χ2n) is 8.12. The fourth-order valence-electron chi connectivity index (χ4n) is 3.35. The molecule has 0 bridgehead atoms. The first-order chi connectivity index (χ1) is 18.0. The number of azo groups is 1. The van der Waals surface area contributed by atoms with Gasteiger partial charge in [-0.15, -0.1) is 0 Å². The minimum absolute atomic E-state index is 0.235. The van der Waals surface area contributed by atoms with Gasteiger partial charge in [-0.25, -0.2) is 9.59 Å². The number of hydrogen-bond acceptors (Lipinski definition) is 8. The van der Waals surface area contributed by atoms with E-state index in [1.807, 2.05) is 55.5 Å². The van der Waals surface area contributed by atoms with Gasteiger partial charge in [-0.2, -0.15) is 10.2 Å². The maximum Gasteiger partial charge on any atom is 0.338 e. The van der Waals surface area contributed by atoms with E-state index in [4.69, 9.17) is 18.9 Å². The average Bonchev–Trinajstić information content (AvgIpc) is 2.90. The minimum atomic E-state index is -0.519. The third-order valence-electron chi connectivity index (χ3n) is 5.12. The Morgan fingerprint density at radius 2 is 1.24 bits per heavy atom. The predicted octanol–water partition coefficient (Wildman–Crippen LogP) is 7.00. The summed E-state index contributed by atoms with van der Waals surface area (Å²) in [5.74, 6) is 0.116. The lowest BCUT2D eigenvalue weighted by Crippen LogP contribution is -2.10. The van der Waals surface area contributed by atoms with E-state index < -0.39 is 11.9 Å². The number of carbonyl (C=O) groups is 2. The summed E-state index contributed by atoms with van der Waals surface area (Å²) in [5.41, 5.74) is 3.18. The molecule has 0 heterocycles. The predicted molar refractivity (Wildman–Crippen MR) is 140 cm³/mol. The van der Waals surface area contributed by atoms with Gasteiger partial charge in [0.05, 0.1) is 48.9 Å². The van der Waals surface area contributed by atoms with Crippen LogP contribution in [0.3, 0.4) is 0 Å². The van der Waals surface area contributed by atoms with E-state index in [2.05, 4.69) is 10.2 Å². The standard InChI is InChI=1S/C29H32N2O6/c1-4-34-28(32)22-18-23(29(33)35-5-2)20-27(19-22)37-16-7-6-15-36-26-13-11-24(12-14-26)30-31-25-10-8-9-21(3)17-25/h8-14,17-20H,4-7,15-16H2,1-3H3. The smallest absolute Gasteiger partial charge is 0.338 e. The number of esters is 2. The summed E-state index contributed by atoms with van der Waals surface area (Å²) in [7, 11) is 0. The average molecular weight is 505 g/mol. The van der Waals surface area contributed by atoms with Crippen LogP contribution in [0.25, 0.3) is 0 Å². The van der Waals surface area contributed by atoms with Crippen LogP contribution in [0.4, 0.5) is 11.4 Å². The largest absolute Gasteiger partial charge is 0.494 e. The van der Waals surface area contributed by atoms with Gasteiger partial charge in [-0.1, -0.05) is 12.1 Å². The van der Waals surface area contributed by atoms with E-state index >= 15 is 0 Å². The van der Waals surface area contributed by atoms with Gasteiger partial charge < -0.3 is 18.9 Å². The van der Waals surface area contributed by atoms with Crippen LogP contribution in [0, 0.1) is 6.92 Å². The summed E-state index contributed by atoms with van der Waals surface area (Å²) in [4.78, 5) is 24.3. The molecule has 0 fully saturated rings.